The zero-order chi connectivity index (χ0) is 15.4. The van der Waals surface area contributed by atoms with E-state index >= 15 is 0 Å². The van der Waals surface area contributed by atoms with Gasteiger partial charge in [0.1, 0.15) is 0 Å². The molecule has 1 atom stereocenters. The molecule has 1 aliphatic rings. The number of carbonyl (C=O) groups excluding carboxylic acids is 2. The number of nitrogens with one attached hydrogen (secondary N) is 1. The first-order valence-electron chi connectivity index (χ1n) is 6.31. The third-order valence-electron chi connectivity index (χ3n) is 2.88. The van der Waals surface area contributed by atoms with Gasteiger partial charge >= 0.3 is 0 Å². The Kier molecular flexibility index (Phi) is 5.14. The average molecular weight is 324 g/mol. The normalized spacial score (nSPS) is 20.7. The van der Waals surface area contributed by atoms with Gasteiger partial charge in [0.2, 0.25) is 11.1 Å². The zero-order valence-corrected chi connectivity index (χ0v) is 13.2. The molecule has 1 aliphatic heterocycles. The van der Waals surface area contributed by atoms with E-state index in [9.17, 15) is 9.59 Å². The van der Waals surface area contributed by atoms with Crippen molar-refractivity contribution < 1.29 is 9.59 Å². The SMILES string of the molecule is C/C(=N\N=C1\NC(=O)C(CC(=O)Cl)S1)c1ccc(C)cc1. The Morgan fingerprint density at radius 2 is 2.05 bits per heavy atom. The van der Waals surface area contributed by atoms with E-state index in [-0.39, 0.29) is 12.3 Å². The Balaban J connectivity index is 2.07. The second-order valence-electron chi connectivity index (χ2n) is 4.61. The maximum Gasteiger partial charge on any atom is 0.240 e. The molecule has 1 N–H and O–H groups in total. The lowest BCUT2D eigenvalue weighted by Gasteiger charge is -1.99. The van der Waals surface area contributed by atoms with E-state index in [4.69, 9.17) is 11.6 Å². The molecule has 1 aromatic carbocycles. The number of rotatable bonds is 4. The number of hydrogen-bond donors (Lipinski definition) is 1. The summed E-state index contributed by atoms with van der Waals surface area (Å²) in [4.78, 5) is 22.4. The molecule has 7 heteroatoms. The maximum absolute atomic E-state index is 11.6. The van der Waals surface area contributed by atoms with Crippen molar-refractivity contribution in [3.8, 4) is 0 Å². The van der Waals surface area contributed by atoms with Crippen LogP contribution in [0, 0.1) is 6.92 Å². The van der Waals surface area contributed by atoms with Crippen LogP contribution in [0.15, 0.2) is 34.5 Å². The Morgan fingerprint density at radius 3 is 2.67 bits per heavy atom. The number of nitrogens with zero attached hydrogens (tertiary/aromatic N) is 2. The fourth-order valence-corrected chi connectivity index (χ4v) is 2.87. The van der Waals surface area contributed by atoms with E-state index in [1.807, 2.05) is 38.1 Å². The van der Waals surface area contributed by atoms with E-state index in [2.05, 4.69) is 15.5 Å². The highest BCUT2D eigenvalue weighted by Crippen LogP contribution is 2.23. The van der Waals surface area contributed by atoms with Crippen LogP contribution in [-0.4, -0.2) is 27.3 Å². The molecule has 0 aromatic heterocycles. The third-order valence-corrected chi connectivity index (χ3v) is 4.11. The molecule has 1 heterocycles. The summed E-state index contributed by atoms with van der Waals surface area (Å²) in [7, 11) is 0. The van der Waals surface area contributed by atoms with Crippen molar-refractivity contribution in [3.05, 3.63) is 35.4 Å². The molecule has 1 saturated heterocycles. The summed E-state index contributed by atoms with van der Waals surface area (Å²) >= 11 is 6.46. The first kappa shape index (κ1) is 15.7. The van der Waals surface area contributed by atoms with Gasteiger partial charge < -0.3 is 5.32 Å². The van der Waals surface area contributed by atoms with Gasteiger partial charge in [-0.2, -0.15) is 5.10 Å². The van der Waals surface area contributed by atoms with E-state index in [1.165, 1.54) is 5.56 Å². The highest BCUT2D eigenvalue weighted by molar-refractivity contribution is 8.15. The zero-order valence-electron chi connectivity index (χ0n) is 11.6. The fraction of sp³-hybridized carbons (Fsp3) is 0.286. The summed E-state index contributed by atoms with van der Waals surface area (Å²) in [5.74, 6) is -0.268. The third kappa shape index (κ3) is 4.41. The van der Waals surface area contributed by atoms with E-state index < -0.39 is 10.5 Å². The lowest BCUT2D eigenvalue weighted by molar-refractivity contribution is -0.121. The van der Waals surface area contributed by atoms with Crippen molar-refractivity contribution in [3.63, 3.8) is 0 Å². The topological polar surface area (TPSA) is 70.9 Å². The summed E-state index contributed by atoms with van der Waals surface area (Å²) in [5, 5.41) is 10.0. The molecule has 1 amide bonds. The molecule has 0 radical (unpaired) electrons. The second-order valence-corrected chi connectivity index (χ2v) is 6.22. The van der Waals surface area contributed by atoms with Crippen LogP contribution in [0.4, 0.5) is 0 Å². The molecule has 110 valence electrons. The largest absolute Gasteiger partial charge is 0.303 e. The first-order chi connectivity index (χ1) is 9.95. The average Bonchev–Trinajstić information content (AvgIpc) is 2.77. The smallest absolute Gasteiger partial charge is 0.240 e. The number of aryl methyl sites for hydroxylation is 1. The molecule has 5 nitrogen and oxygen atoms in total. The monoisotopic (exact) mass is 323 g/mol. The van der Waals surface area contributed by atoms with E-state index in [0.717, 1.165) is 23.0 Å². The molecule has 1 aromatic rings. The van der Waals surface area contributed by atoms with Crippen molar-refractivity contribution in [1.29, 1.82) is 0 Å². The summed E-state index contributed by atoms with van der Waals surface area (Å²) in [6.45, 7) is 3.86. The minimum absolute atomic E-state index is 0.0161. The van der Waals surface area contributed by atoms with E-state index in [0.29, 0.717) is 5.17 Å². The number of benzene rings is 1. The minimum Gasteiger partial charge on any atom is -0.303 e. The highest BCUT2D eigenvalue weighted by atomic mass is 35.5. The minimum atomic E-state index is -0.539. The van der Waals surface area contributed by atoms with E-state index in [1.54, 1.807) is 0 Å². The highest BCUT2D eigenvalue weighted by Gasteiger charge is 2.31. The predicted octanol–water partition coefficient (Wildman–Crippen LogP) is 2.46. The Hall–Kier alpha value is -1.66. The molecular weight excluding hydrogens is 310 g/mol. The van der Waals surface area contributed by atoms with Crippen LogP contribution in [0.25, 0.3) is 0 Å². The van der Waals surface area contributed by atoms with Gasteiger partial charge in [0, 0.05) is 6.42 Å². The van der Waals surface area contributed by atoms with Crippen molar-refractivity contribution in [2.24, 2.45) is 10.2 Å². The van der Waals surface area contributed by atoms with Gasteiger partial charge in [-0.15, -0.1) is 5.10 Å². The van der Waals surface area contributed by atoms with Gasteiger partial charge in [-0.1, -0.05) is 41.6 Å². The van der Waals surface area contributed by atoms with Gasteiger partial charge in [0.15, 0.2) is 5.17 Å². The molecule has 0 aliphatic carbocycles. The quantitative estimate of drug-likeness (QED) is 0.525. The van der Waals surface area contributed by atoms with Gasteiger partial charge in [-0.25, -0.2) is 0 Å². The van der Waals surface area contributed by atoms with Crippen LogP contribution in [0.1, 0.15) is 24.5 Å². The molecule has 1 unspecified atom stereocenters. The van der Waals surface area contributed by atoms with Crippen LogP contribution >= 0.6 is 23.4 Å². The molecule has 2 rings (SSSR count). The number of thioether (sulfide) groups is 1. The van der Waals surface area contributed by atoms with Gasteiger partial charge in [0.05, 0.1) is 11.0 Å². The second kappa shape index (κ2) is 6.87. The Morgan fingerprint density at radius 1 is 1.38 bits per heavy atom. The van der Waals surface area contributed by atoms with Crippen LogP contribution in [-0.2, 0) is 9.59 Å². The van der Waals surface area contributed by atoms with Crippen LogP contribution < -0.4 is 5.32 Å². The van der Waals surface area contributed by atoms with Crippen molar-refractivity contribution >= 4 is 45.4 Å². The first-order valence-corrected chi connectivity index (χ1v) is 7.56. The van der Waals surface area contributed by atoms with Crippen molar-refractivity contribution in [1.82, 2.24) is 5.32 Å². The lowest BCUT2D eigenvalue weighted by atomic mass is 10.1. The number of carbonyl (C=O) groups is 2. The molecule has 21 heavy (non-hydrogen) atoms. The summed E-state index contributed by atoms with van der Waals surface area (Å²) in [5.41, 5.74) is 2.88. The maximum atomic E-state index is 11.6. The molecular formula is C14H14ClN3O2S. The number of hydrogen-bond acceptors (Lipinski definition) is 5. The summed E-state index contributed by atoms with van der Waals surface area (Å²) < 4.78 is 0. The lowest BCUT2D eigenvalue weighted by Crippen LogP contribution is -2.25. The molecule has 0 spiro atoms. The van der Waals surface area contributed by atoms with Gasteiger partial charge in [-0.05, 0) is 31.0 Å². The Bertz CT molecular complexity index is 626. The van der Waals surface area contributed by atoms with Gasteiger partial charge in [-0.3, -0.25) is 9.59 Å². The molecule has 0 bridgehead atoms. The predicted molar refractivity (Wildman–Crippen MR) is 85.8 cm³/mol. The number of amides is 1. The number of amidine groups is 1. The van der Waals surface area contributed by atoms with Crippen LogP contribution in [0.2, 0.25) is 0 Å². The Labute approximate surface area is 131 Å². The van der Waals surface area contributed by atoms with Crippen LogP contribution in [0.3, 0.4) is 0 Å². The van der Waals surface area contributed by atoms with Crippen LogP contribution in [0.5, 0.6) is 0 Å². The summed E-state index contributed by atoms with van der Waals surface area (Å²) in [6.07, 6.45) is -0.0161. The van der Waals surface area contributed by atoms with Gasteiger partial charge in [0.25, 0.3) is 0 Å². The summed E-state index contributed by atoms with van der Waals surface area (Å²) in [6, 6.07) is 7.92. The molecule has 0 saturated carbocycles. The van der Waals surface area contributed by atoms with Crippen molar-refractivity contribution in [2.75, 3.05) is 0 Å². The van der Waals surface area contributed by atoms with Crippen molar-refractivity contribution in [2.45, 2.75) is 25.5 Å². The fourth-order valence-electron chi connectivity index (χ4n) is 1.71. The number of halogens is 1. The molecule has 1 fully saturated rings. The standard InChI is InChI=1S/C14H14ClN3O2S/c1-8-3-5-10(6-4-8)9(2)17-18-14-16-13(20)11(21-14)7-12(15)19/h3-6,11H,7H2,1-2H3,(H,16,18,20)/b17-9+.